The minimum Gasteiger partial charge on any atom is -0.432 e. The fourth-order valence-electron chi connectivity index (χ4n) is 14.0. The lowest BCUT2D eigenvalue weighted by Gasteiger charge is -2.68. The van der Waals surface area contributed by atoms with E-state index in [-0.39, 0.29) is 40.3 Å². The van der Waals surface area contributed by atoms with E-state index in [9.17, 15) is 46.0 Å². The van der Waals surface area contributed by atoms with E-state index in [0.717, 1.165) is 51.4 Å². The quantitative estimate of drug-likeness (QED) is 0.128. The number of rotatable bonds is 7. The number of esters is 1. The van der Waals surface area contributed by atoms with Crippen molar-refractivity contribution in [2.75, 3.05) is 19.8 Å². The molecule has 0 aromatic carbocycles. The molecule has 61 heavy (non-hydrogen) atoms. The number of aliphatic hydroxyl groups excluding tert-OH is 9. The van der Waals surface area contributed by atoms with Crippen molar-refractivity contribution in [1.29, 1.82) is 0 Å². The fraction of sp³-hybridized carbons (Fsp3) is 0.933. The Balaban J connectivity index is 1.04. The van der Waals surface area contributed by atoms with Gasteiger partial charge in [-0.15, -0.1) is 0 Å². The van der Waals surface area contributed by atoms with Crippen LogP contribution < -0.4 is 0 Å². The van der Waals surface area contributed by atoms with Crippen molar-refractivity contribution in [3.63, 3.8) is 0 Å². The maximum Gasteiger partial charge on any atom is 0.315 e. The van der Waals surface area contributed by atoms with Gasteiger partial charge in [-0.1, -0.05) is 53.2 Å². The van der Waals surface area contributed by atoms with Crippen LogP contribution >= 0.6 is 0 Å². The number of hydrogen-bond donors (Lipinski definition) is 9. The molecule has 5 aliphatic carbocycles. The van der Waals surface area contributed by atoms with E-state index in [4.69, 9.17) is 28.4 Å². The third kappa shape index (κ3) is 7.57. The van der Waals surface area contributed by atoms with Gasteiger partial charge in [0.1, 0.15) is 54.9 Å². The Hall–Kier alpha value is -1.35. The molecule has 21 atom stereocenters. The van der Waals surface area contributed by atoms with E-state index >= 15 is 4.79 Å². The first-order chi connectivity index (χ1) is 28.6. The number of allylic oxidation sites excluding steroid dienone is 2. The summed E-state index contributed by atoms with van der Waals surface area (Å²) in [5.41, 5.74) is 0.385. The van der Waals surface area contributed by atoms with Gasteiger partial charge in [0.05, 0.1) is 31.3 Å². The monoisotopic (exact) mass is 868 g/mol. The van der Waals surface area contributed by atoms with Gasteiger partial charge < -0.3 is 74.4 Å². The van der Waals surface area contributed by atoms with E-state index in [1.807, 2.05) is 0 Å². The van der Waals surface area contributed by atoms with Crippen molar-refractivity contribution in [1.82, 2.24) is 0 Å². The van der Waals surface area contributed by atoms with Crippen LogP contribution in [-0.4, -0.2) is 158 Å². The first-order valence-corrected chi connectivity index (χ1v) is 22.8. The van der Waals surface area contributed by atoms with Crippen LogP contribution in [0.5, 0.6) is 0 Å². The van der Waals surface area contributed by atoms with Gasteiger partial charge in [0, 0.05) is 0 Å². The molecule has 9 N–H and O–H groups in total. The molecule has 0 aromatic rings. The van der Waals surface area contributed by atoms with Gasteiger partial charge in [0.15, 0.2) is 18.7 Å². The summed E-state index contributed by atoms with van der Waals surface area (Å²) >= 11 is 0. The van der Waals surface area contributed by atoms with Crippen LogP contribution in [0.1, 0.15) is 106 Å². The van der Waals surface area contributed by atoms with Crippen molar-refractivity contribution in [3.05, 3.63) is 11.6 Å². The normalized spacial score (nSPS) is 53.0. The second-order valence-electron chi connectivity index (χ2n) is 22.0. The number of carbonyl (C=O) groups is 1. The van der Waals surface area contributed by atoms with Crippen LogP contribution in [-0.2, 0) is 33.2 Å². The summed E-state index contributed by atoms with van der Waals surface area (Å²) in [6, 6.07) is 0. The summed E-state index contributed by atoms with van der Waals surface area (Å²) in [5.74, 6) is 0.596. The summed E-state index contributed by atoms with van der Waals surface area (Å²) < 4.78 is 35.4. The number of carbonyl (C=O) groups excluding carboxylic acids is 1. The molecular weight excluding hydrogens is 796 g/mol. The minimum absolute atomic E-state index is 0.0311. The van der Waals surface area contributed by atoms with Crippen LogP contribution in [0, 0.1) is 50.7 Å². The highest BCUT2D eigenvalue weighted by Crippen LogP contribution is 2.72. The largest absolute Gasteiger partial charge is 0.432 e. The Kier molecular flexibility index (Phi) is 12.5. The molecule has 3 aliphatic heterocycles. The Bertz CT molecular complexity index is 1640. The molecule has 8 aliphatic rings. The summed E-state index contributed by atoms with van der Waals surface area (Å²) in [7, 11) is 0. The minimum atomic E-state index is -1.86. The predicted molar refractivity (Wildman–Crippen MR) is 214 cm³/mol. The summed E-state index contributed by atoms with van der Waals surface area (Å²) in [4.78, 5) is 15.0. The summed E-state index contributed by atoms with van der Waals surface area (Å²) in [6.45, 7) is 12.4. The molecule has 3 heterocycles. The molecular formula is C45H72O16. The zero-order valence-corrected chi connectivity index (χ0v) is 36.5. The van der Waals surface area contributed by atoms with Crippen LogP contribution in [0.4, 0.5) is 0 Å². The van der Waals surface area contributed by atoms with Gasteiger partial charge in [0.25, 0.3) is 0 Å². The highest BCUT2D eigenvalue weighted by atomic mass is 16.8. The molecule has 3 saturated heterocycles. The highest BCUT2D eigenvalue weighted by molar-refractivity contribution is 5.79. The van der Waals surface area contributed by atoms with Gasteiger partial charge in [-0.3, -0.25) is 4.79 Å². The second-order valence-corrected chi connectivity index (χ2v) is 22.0. The lowest BCUT2D eigenvalue weighted by Crippen LogP contribution is -2.64. The first-order valence-electron chi connectivity index (χ1n) is 22.8. The average molecular weight is 869 g/mol. The van der Waals surface area contributed by atoms with Gasteiger partial charge in [-0.2, -0.15) is 0 Å². The third-order valence-corrected chi connectivity index (χ3v) is 17.7. The topological polar surface area (TPSA) is 255 Å². The number of aliphatic hydroxyl groups is 9. The molecule has 16 nitrogen and oxygen atoms in total. The standard InChI is InChI=1S/C45H72O16/c1-41(2)15-16-45(14-9-22-21(23(45)17-41)7-8-28-43(22,5)12-10-27-42(3,4)29(49)11-13-44(27,28)6)40(55)61-39-36(31(51)25(48)20-57-39)60-38-35(30(50)24(47)19-56-38)59-37-34(54)33(53)32(52)26(18-46)58-37/h7,22-39,46-54H,8-20H2,1-6H3/t22-,23+,24-,25+,26-,27-,28-,29+,30+,31+,32-,33+,34-,35-,36-,37+,38+,39+,43+,44+,45-/m1/s1. The van der Waals surface area contributed by atoms with Crippen molar-refractivity contribution >= 4 is 5.97 Å². The smallest absolute Gasteiger partial charge is 0.315 e. The molecule has 0 aromatic heterocycles. The average Bonchev–Trinajstić information content (AvgIpc) is 3.21. The lowest BCUT2D eigenvalue weighted by atomic mass is 9.37. The molecule has 0 radical (unpaired) electrons. The fourth-order valence-corrected chi connectivity index (χ4v) is 14.0. The second kappa shape index (κ2) is 16.5. The molecule has 0 bridgehead atoms. The molecule has 0 spiro atoms. The van der Waals surface area contributed by atoms with E-state index in [1.54, 1.807) is 0 Å². The Morgan fingerprint density at radius 3 is 1.97 bits per heavy atom. The molecule has 8 rings (SSSR count). The van der Waals surface area contributed by atoms with E-state index < -0.39 is 105 Å². The maximum atomic E-state index is 15.0. The Morgan fingerprint density at radius 2 is 1.30 bits per heavy atom. The molecule has 16 heteroatoms. The molecule has 348 valence electrons. The lowest BCUT2D eigenvalue weighted by molar-refractivity contribution is -0.377. The number of ether oxygens (including phenoxy) is 6. The SMILES string of the molecule is CC1(C)CC[C@]2(C(=O)O[C@@H]3OC[C@H](O)[C@H](O)[C@H]3O[C@@H]3OC[C@@H](O)[C@H](O)[C@H]3O[C@@H]3O[C@H](CO)[C@@H](O)[C@H](O)[C@H]3O)CC[C@@H]3C(=CC[C@@H]4[C@@]3(C)CC[C@@H]3C(C)(C)[C@@H](O)CC[C@]43C)[C@@H]2C1. The molecule has 4 saturated carbocycles. The van der Waals surface area contributed by atoms with E-state index in [0.29, 0.717) is 30.6 Å². The third-order valence-electron chi connectivity index (χ3n) is 17.7. The summed E-state index contributed by atoms with van der Waals surface area (Å²) in [6.07, 6.45) is -10.6. The molecule has 0 amide bonds. The van der Waals surface area contributed by atoms with Gasteiger partial charge in [-0.25, -0.2) is 0 Å². The molecule has 0 unspecified atom stereocenters. The van der Waals surface area contributed by atoms with E-state index in [1.165, 1.54) is 5.57 Å². The number of hydrogen-bond acceptors (Lipinski definition) is 16. The Morgan fingerprint density at radius 1 is 0.672 bits per heavy atom. The van der Waals surface area contributed by atoms with Crippen LogP contribution in [0.3, 0.4) is 0 Å². The Labute approximate surface area is 358 Å². The van der Waals surface area contributed by atoms with Crippen molar-refractivity contribution < 1.29 is 79.2 Å². The maximum absolute atomic E-state index is 15.0. The zero-order valence-electron chi connectivity index (χ0n) is 36.5. The molecule has 7 fully saturated rings. The van der Waals surface area contributed by atoms with Crippen molar-refractivity contribution in [3.8, 4) is 0 Å². The summed E-state index contributed by atoms with van der Waals surface area (Å²) in [5, 5.41) is 95.9. The van der Waals surface area contributed by atoms with Crippen molar-refractivity contribution in [2.45, 2.75) is 192 Å². The number of fused-ring (bicyclic) bond motifs is 7. The highest BCUT2D eigenvalue weighted by Gasteiger charge is 2.66. The van der Waals surface area contributed by atoms with Crippen LogP contribution in [0.15, 0.2) is 11.6 Å². The van der Waals surface area contributed by atoms with Gasteiger partial charge >= 0.3 is 5.97 Å². The van der Waals surface area contributed by atoms with Gasteiger partial charge in [-0.05, 0) is 110 Å². The predicted octanol–water partition coefficient (Wildman–Crippen LogP) is 1.03. The first kappa shape index (κ1) is 46.2. The van der Waals surface area contributed by atoms with Gasteiger partial charge in [0.2, 0.25) is 6.29 Å². The van der Waals surface area contributed by atoms with Crippen molar-refractivity contribution in [2.24, 2.45) is 50.7 Å². The van der Waals surface area contributed by atoms with Crippen LogP contribution in [0.2, 0.25) is 0 Å². The zero-order chi connectivity index (χ0) is 44.2. The van der Waals surface area contributed by atoms with E-state index in [2.05, 4.69) is 47.6 Å². The van der Waals surface area contributed by atoms with Crippen LogP contribution in [0.25, 0.3) is 0 Å².